The maximum atomic E-state index is 12.9. The fraction of sp³-hybridized carbons (Fsp3) is 0.950. The predicted molar refractivity (Wildman–Crippen MR) is 112 cm³/mol. The highest BCUT2D eigenvalue weighted by molar-refractivity contribution is 9.09. The molecular formula is C20H35BrN2O3S. The van der Waals surface area contributed by atoms with Gasteiger partial charge in [0.15, 0.2) is 0 Å². The summed E-state index contributed by atoms with van der Waals surface area (Å²) in [5.74, 6) is 0.443. The van der Waals surface area contributed by atoms with Gasteiger partial charge in [0, 0.05) is 22.8 Å². The summed E-state index contributed by atoms with van der Waals surface area (Å²) in [7, 11) is -3.36. The van der Waals surface area contributed by atoms with Crippen LogP contribution in [0.3, 0.4) is 0 Å². The Labute approximate surface area is 173 Å². The van der Waals surface area contributed by atoms with Gasteiger partial charge in [-0.2, -0.15) is 0 Å². The van der Waals surface area contributed by atoms with Crippen LogP contribution in [-0.4, -0.2) is 36.5 Å². The highest BCUT2D eigenvalue weighted by Gasteiger charge is 2.37. The molecule has 4 unspecified atom stereocenters. The molecule has 3 fully saturated rings. The predicted octanol–water partition coefficient (Wildman–Crippen LogP) is 3.87. The van der Waals surface area contributed by atoms with Gasteiger partial charge in [-0.3, -0.25) is 4.79 Å². The van der Waals surface area contributed by atoms with Gasteiger partial charge in [-0.15, -0.1) is 0 Å². The first-order chi connectivity index (χ1) is 12.8. The lowest BCUT2D eigenvalue weighted by molar-refractivity contribution is -0.127. The van der Waals surface area contributed by atoms with Crippen molar-refractivity contribution in [1.29, 1.82) is 0 Å². The van der Waals surface area contributed by atoms with Crippen molar-refractivity contribution in [3.63, 3.8) is 0 Å². The summed E-state index contributed by atoms with van der Waals surface area (Å²) >= 11 is 3.62. The van der Waals surface area contributed by atoms with Crippen LogP contribution in [0.25, 0.3) is 0 Å². The molecule has 0 radical (unpaired) electrons. The Morgan fingerprint density at radius 3 is 2.33 bits per heavy atom. The minimum Gasteiger partial charge on any atom is -0.353 e. The lowest BCUT2D eigenvalue weighted by Crippen LogP contribution is -2.48. The summed E-state index contributed by atoms with van der Waals surface area (Å²) in [6, 6.07) is 0.321. The molecule has 0 aromatic heterocycles. The smallest absolute Gasteiger partial charge is 0.223 e. The summed E-state index contributed by atoms with van der Waals surface area (Å²) < 4.78 is 28.7. The van der Waals surface area contributed by atoms with Crippen molar-refractivity contribution in [3.8, 4) is 0 Å². The third-order valence-corrected chi connectivity index (χ3v) is 9.75. The first kappa shape index (κ1) is 21.6. The number of sulfonamides is 1. The van der Waals surface area contributed by atoms with Crippen LogP contribution < -0.4 is 10.0 Å². The molecule has 3 aliphatic rings. The molecule has 0 aromatic rings. The number of amides is 1. The fourth-order valence-corrected chi connectivity index (χ4v) is 7.38. The third kappa shape index (κ3) is 5.92. The maximum Gasteiger partial charge on any atom is 0.223 e. The Morgan fingerprint density at radius 2 is 1.63 bits per heavy atom. The number of carbonyl (C=O) groups is 1. The maximum absolute atomic E-state index is 12.9. The molecule has 2 N–H and O–H groups in total. The molecular weight excluding hydrogens is 428 g/mol. The number of hydrogen-bond donors (Lipinski definition) is 2. The molecule has 27 heavy (non-hydrogen) atoms. The lowest BCUT2D eigenvalue weighted by Gasteiger charge is -2.34. The van der Waals surface area contributed by atoms with Gasteiger partial charge in [-0.1, -0.05) is 42.1 Å². The molecule has 1 amide bonds. The van der Waals surface area contributed by atoms with Gasteiger partial charge in [0.1, 0.15) is 0 Å². The highest BCUT2D eigenvalue weighted by Crippen LogP contribution is 2.31. The Morgan fingerprint density at radius 1 is 0.926 bits per heavy atom. The van der Waals surface area contributed by atoms with Crippen molar-refractivity contribution in [3.05, 3.63) is 0 Å². The van der Waals surface area contributed by atoms with Crippen LogP contribution in [0.15, 0.2) is 0 Å². The Bertz CT molecular complexity index is 604. The van der Waals surface area contributed by atoms with Crippen LogP contribution in [0, 0.1) is 11.8 Å². The quantitative estimate of drug-likeness (QED) is 0.608. The molecule has 0 spiro atoms. The van der Waals surface area contributed by atoms with Gasteiger partial charge in [0.25, 0.3) is 0 Å². The fourth-order valence-electron chi connectivity index (χ4n) is 5.00. The first-order valence-corrected chi connectivity index (χ1v) is 13.3. The molecule has 0 aromatic carbocycles. The zero-order valence-corrected chi connectivity index (χ0v) is 18.9. The molecule has 156 valence electrons. The number of halogens is 1. The number of hydrogen-bond acceptors (Lipinski definition) is 3. The summed E-state index contributed by atoms with van der Waals surface area (Å²) in [6.45, 7) is 2.21. The van der Waals surface area contributed by atoms with E-state index in [4.69, 9.17) is 0 Å². The number of carbonyl (C=O) groups excluding carboxylic acids is 1. The largest absolute Gasteiger partial charge is 0.353 e. The lowest BCUT2D eigenvalue weighted by atomic mass is 9.84. The van der Waals surface area contributed by atoms with Crippen LogP contribution in [-0.2, 0) is 14.8 Å². The van der Waals surface area contributed by atoms with Crippen LogP contribution in [0.4, 0.5) is 0 Å². The van der Waals surface area contributed by atoms with E-state index < -0.39 is 15.3 Å². The van der Waals surface area contributed by atoms with Crippen molar-refractivity contribution >= 4 is 31.9 Å². The van der Waals surface area contributed by atoms with Crippen molar-refractivity contribution in [2.75, 3.05) is 0 Å². The SMILES string of the molecule is CC1CCCCC1NC(=O)C1CCCC(S(=O)(=O)NC2CCC(Br)CC2)C1. The van der Waals surface area contributed by atoms with Crippen molar-refractivity contribution in [2.24, 2.45) is 11.8 Å². The minimum atomic E-state index is -3.36. The van der Waals surface area contributed by atoms with Gasteiger partial charge in [0.2, 0.25) is 15.9 Å². The van der Waals surface area contributed by atoms with Crippen LogP contribution >= 0.6 is 15.9 Å². The van der Waals surface area contributed by atoms with Gasteiger partial charge in [-0.05, 0) is 63.7 Å². The van der Waals surface area contributed by atoms with E-state index in [1.54, 1.807) is 0 Å². The summed E-state index contributed by atoms with van der Waals surface area (Å²) in [4.78, 5) is 13.3. The highest BCUT2D eigenvalue weighted by atomic mass is 79.9. The van der Waals surface area contributed by atoms with Crippen molar-refractivity contribution < 1.29 is 13.2 Å². The Hall–Kier alpha value is -0.140. The molecule has 4 atom stereocenters. The summed E-state index contributed by atoms with van der Waals surface area (Å²) in [5.41, 5.74) is 0. The van der Waals surface area contributed by atoms with E-state index in [9.17, 15) is 13.2 Å². The van der Waals surface area contributed by atoms with Crippen molar-refractivity contribution in [2.45, 2.75) is 106 Å². The Balaban J connectivity index is 1.53. The molecule has 0 heterocycles. The standard InChI is InChI=1S/C20H35BrN2O3S/c1-14-5-2-3-8-19(14)22-20(24)15-6-4-7-18(13-15)27(25,26)23-17-11-9-16(21)10-12-17/h14-19,23H,2-13H2,1H3,(H,22,24). The zero-order valence-electron chi connectivity index (χ0n) is 16.5. The average molecular weight is 463 g/mol. The second-order valence-electron chi connectivity index (χ2n) is 8.97. The zero-order chi connectivity index (χ0) is 19.4. The number of alkyl halides is 1. The van der Waals surface area contributed by atoms with Crippen molar-refractivity contribution in [1.82, 2.24) is 10.0 Å². The third-order valence-electron chi connectivity index (χ3n) is 6.86. The molecule has 3 rings (SSSR count). The van der Waals surface area contributed by atoms with Crippen LogP contribution in [0.2, 0.25) is 0 Å². The van der Waals surface area contributed by atoms with Gasteiger partial charge in [-0.25, -0.2) is 13.1 Å². The number of rotatable bonds is 5. The number of nitrogens with one attached hydrogen (secondary N) is 2. The second-order valence-corrected chi connectivity index (χ2v) is 12.3. The Kier molecular flexibility index (Phi) is 7.65. The molecule has 3 saturated carbocycles. The molecule has 3 aliphatic carbocycles. The van der Waals surface area contributed by atoms with E-state index in [2.05, 4.69) is 32.9 Å². The molecule has 0 saturated heterocycles. The van der Waals surface area contributed by atoms with Gasteiger partial charge in [0.05, 0.1) is 5.25 Å². The molecule has 0 bridgehead atoms. The van der Waals surface area contributed by atoms with E-state index >= 15 is 0 Å². The summed E-state index contributed by atoms with van der Waals surface area (Å²) in [6.07, 6.45) is 11.2. The molecule has 5 nitrogen and oxygen atoms in total. The van der Waals surface area contributed by atoms with Crippen LogP contribution in [0.1, 0.15) is 84.0 Å². The van der Waals surface area contributed by atoms with E-state index in [0.717, 1.165) is 44.9 Å². The first-order valence-electron chi connectivity index (χ1n) is 10.8. The minimum absolute atomic E-state index is 0.0566. The second kappa shape index (κ2) is 9.57. The molecule has 7 heteroatoms. The van der Waals surface area contributed by atoms with Crippen LogP contribution in [0.5, 0.6) is 0 Å². The van der Waals surface area contributed by atoms with E-state index in [0.29, 0.717) is 23.6 Å². The van der Waals surface area contributed by atoms with Gasteiger partial charge < -0.3 is 5.32 Å². The normalized spacial score (nSPS) is 38.3. The summed E-state index contributed by atoms with van der Waals surface area (Å²) in [5, 5.41) is 2.81. The molecule has 0 aliphatic heterocycles. The van der Waals surface area contributed by atoms with E-state index in [1.807, 2.05) is 0 Å². The van der Waals surface area contributed by atoms with Gasteiger partial charge >= 0.3 is 0 Å². The topological polar surface area (TPSA) is 75.3 Å². The monoisotopic (exact) mass is 462 g/mol. The average Bonchev–Trinajstić information content (AvgIpc) is 2.65. The van der Waals surface area contributed by atoms with E-state index in [1.165, 1.54) is 19.3 Å². The van der Waals surface area contributed by atoms with E-state index in [-0.39, 0.29) is 23.9 Å².